The van der Waals surface area contributed by atoms with Gasteiger partial charge in [0.2, 0.25) is 0 Å². The van der Waals surface area contributed by atoms with Gasteiger partial charge in [0, 0.05) is 24.6 Å². The van der Waals surface area contributed by atoms with Crippen molar-refractivity contribution in [3.63, 3.8) is 0 Å². The van der Waals surface area contributed by atoms with E-state index in [-0.39, 0.29) is 5.82 Å². The van der Waals surface area contributed by atoms with E-state index in [0.29, 0.717) is 13.0 Å². The molecule has 0 saturated carbocycles. The van der Waals surface area contributed by atoms with Gasteiger partial charge in [0.05, 0.1) is 0 Å². The molecule has 0 amide bonds. The number of pyridine rings is 1. The molecule has 3 heteroatoms. The second-order valence-electron chi connectivity index (χ2n) is 3.96. The summed E-state index contributed by atoms with van der Waals surface area (Å²) in [5.41, 5.74) is 2.89. The van der Waals surface area contributed by atoms with Gasteiger partial charge in [-0.15, -0.1) is 0 Å². The Hall–Kier alpha value is -1.90. The van der Waals surface area contributed by atoms with Crippen molar-refractivity contribution in [3.8, 4) is 0 Å². The Bertz CT molecular complexity index is 452. The van der Waals surface area contributed by atoms with Gasteiger partial charge in [0.15, 0.2) is 0 Å². The number of nitrogens with zero attached hydrogens (tertiary/aromatic N) is 1. The maximum absolute atomic E-state index is 13.4. The summed E-state index contributed by atoms with van der Waals surface area (Å²) < 4.78 is 13.4. The van der Waals surface area contributed by atoms with Gasteiger partial charge >= 0.3 is 0 Å². The molecule has 0 aliphatic rings. The van der Waals surface area contributed by atoms with Crippen LogP contribution in [0.2, 0.25) is 0 Å². The lowest BCUT2D eigenvalue weighted by molar-refractivity contribution is 0.610. The number of hydrogen-bond acceptors (Lipinski definition) is 2. The monoisotopic (exact) mass is 230 g/mol. The van der Waals surface area contributed by atoms with E-state index in [9.17, 15) is 4.39 Å². The van der Waals surface area contributed by atoms with Crippen LogP contribution in [0.25, 0.3) is 0 Å². The zero-order valence-electron chi connectivity index (χ0n) is 9.78. The molecule has 2 nitrogen and oxygen atoms in total. The topological polar surface area (TPSA) is 24.9 Å². The molecule has 1 N–H and O–H groups in total. The number of nitrogens with one attached hydrogen (secondary N) is 1. The van der Waals surface area contributed by atoms with Crippen LogP contribution in [0.3, 0.4) is 0 Å². The van der Waals surface area contributed by atoms with E-state index in [1.807, 2.05) is 31.3 Å². The highest BCUT2D eigenvalue weighted by Gasteiger charge is 2.01. The molecule has 1 aromatic heterocycles. The quantitative estimate of drug-likeness (QED) is 0.872. The smallest absolute Gasteiger partial charge is 0.126 e. The summed E-state index contributed by atoms with van der Waals surface area (Å²) in [4.78, 5) is 4.03. The minimum absolute atomic E-state index is 0.138. The van der Waals surface area contributed by atoms with Gasteiger partial charge in [-0.2, -0.15) is 0 Å². The predicted octanol–water partition coefficient (Wildman–Crippen LogP) is 3.18. The van der Waals surface area contributed by atoms with Crippen LogP contribution in [-0.4, -0.2) is 11.5 Å². The Kier molecular flexibility index (Phi) is 3.70. The normalized spacial score (nSPS) is 10.2. The van der Waals surface area contributed by atoms with Crippen LogP contribution >= 0.6 is 0 Å². The van der Waals surface area contributed by atoms with Crippen LogP contribution in [0.1, 0.15) is 11.1 Å². The van der Waals surface area contributed by atoms with E-state index in [2.05, 4.69) is 10.3 Å². The summed E-state index contributed by atoms with van der Waals surface area (Å²) in [5.74, 6) is -0.138. The van der Waals surface area contributed by atoms with Crippen LogP contribution in [0.4, 0.5) is 10.1 Å². The molecule has 1 aromatic carbocycles. The second-order valence-corrected chi connectivity index (χ2v) is 3.96. The lowest BCUT2D eigenvalue weighted by atomic mass is 10.1. The van der Waals surface area contributed by atoms with E-state index >= 15 is 0 Å². The van der Waals surface area contributed by atoms with Crippen molar-refractivity contribution in [2.45, 2.75) is 13.3 Å². The molecule has 0 aliphatic carbocycles. The van der Waals surface area contributed by atoms with Crippen molar-refractivity contribution in [2.24, 2.45) is 0 Å². The zero-order chi connectivity index (χ0) is 12.1. The van der Waals surface area contributed by atoms with Crippen molar-refractivity contribution in [2.75, 3.05) is 11.9 Å². The molecule has 0 bridgehead atoms. The number of hydrogen-bond donors (Lipinski definition) is 1. The third-order valence-corrected chi connectivity index (χ3v) is 2.69. The number of benzene rings is 1. The van der Waals surface area contributed by atoms with Crippen molar-refractivity contribution in [1.29, 1.82) is 0 Å². The molecule has 17 heavy (non-hydrogen) atoms. The molecule has 88 valence electrons. The van der Waals surface area contributed by atoms with Gasteiger partial charge in [-0.3, -0.25) is 4.98 Å². The van der Waals surface area contributed by atoms with Gasteiger partial charge < -0.3 is 5.32 Å². The largest absolute Gasteiger partial charge is 0.384 e. The molecule has 0 saturated heterocycles. The van der Waals surface area contributed by atoms with Crippen molar-refractivity contribution < 1.29 is 4.39 Å². The van der Waals surface area contributed by atoms with Crippen LogP contribution in [0.15, 0.2) is 42.7 Å². The van der Waals surface area contributed by atoms with Gasteiger partial charge in [-0.25, -0.2) is 4.39 Å². The van der Waals surface area contributed by atoms with Crippen molar-refractivity contribution >= 4 is 5.69 Å². The van der Waals surface area contributed by atoms with E-state index in [0.717, 1.165) is 16.8 Å². The molecule has 0 aliphatic heterocycles. The van der Waals surface area contributed by atoms with E-state index in [4.69, 9.17) is 0 Å². The fraction of sp³-hybridized carbons (Fsp3) is 0.214. The maximum Gasteiger partial charge on any atom is 0.126 e. The summed E-state index contributed by atoms with van der Waals surface area (Å²) >= 11 is 0. The average Bonchev–Trinajstić information content (AvgIpc) is 2.34. The van der Waals surface area contributed by atoms with Crippen LogP contribution < -0.4 is 5.32 Å². The first-order valence-electron chi connectivity index (χ1n) is 5.65. The predicted molar refractivity (Wildman–Crippen MR) is 67.6 cm³/mol. The van der Waals surface area contributed by atoms with Crippen LogP contribution in [0.5, 0.6) is 0 Å². The van der Waals surface area contributed by atoms with Crippen LogP contribution in [-0.2, 0) is 6.42 Å². The first kappa shape index (κ1) is 11.6. The first-order chi connectivity index (χ1) is 8.27. The van der Waals surface area contributed by atoms with Crippen molar-refractivity contribution in [3.05, 3.63) is 59.7 Å². The third kappa shape index (κ3) is 3.03. The van der Waals surface area contributed by atoms with Gasteiger partial charge in [0.1, 0.15) is 5.82 Å². The number of aryl methyl sites for hydroxylation is 1. The number of rotatable bonds is 4. The number of aromatic nitrogens is 1. The van der Waals surface area contributed by atoms with E-state index in [1.165, 1.54) is 6.07 Å². The molecule has 2 aromatic rings. The molecular formula is C14H15FN2. The molecule has 0 radical (unpaired) electrons. The fourth-order valence-corrected chi connectivity index (χ4v) is 1.70. The summed E-state index contributed by atoms with van der Waals surface area (Å²) in [7, 11) is 0. The minimum Gasteiger partial charge on any atom is -0.384 e. The van der Waals surface area contributed by atoms with Gasteiger partial charge in [-0.05, 0) is 36.6 Å². The zero-order valence-corrected chi connectivity index (χ0v) is 9.78. The maximum atomic E-state index is 13.4. The molecule has 0 fully saturated rings. The van der Waals surface area contributed by atoms with Gasteiger partial charge in [0.25, 0.3) is 0 Å². The Balaban J connectivity index is 1.93. The Morgan fingerprint density at radius 1 is 1.24 bits per heavy atom. The highest BCUT2D eigenvalue weighted by molar-refractivity contribution is 5.48. The average molecular weight is 230 g/mol. The minimum atomic E-state index is -0.138. The molecule has 0 spiro atoms. The second kappa shape index (κ2) is 5.43. The van der Waals surface area contributed by atoms with Crippen molar-refractivity contribution in [1.82, 2.24) is 4.98 Å². The summed E-state index contributed by atoms with van der Waals surface area (Å²) in [6.45, 7) is 2.71. The summed E-state index contributed by atoms with van der Waals surface area (Å²) in [6, 6.07) is 8.80. The van der Waals surface area contributed by atoms with Crippen LogP contribution in [0, 0.1) is 12.7 Å². The van der Waals surface area contributed by atoms with E-state index < -0.39 is 0 Å². The molecule has 0 atom stereocenters. The Labute approximate surface area is 101 Å². The Morgan fingerprint density at radius 2 is 2.06 bits per heavy atom. The highest BCUT2D eigenvalue weighted by atomic mass is 19.1. The molecule has 2 rings (SSSR count). The standard InChI is InChI=1S/C14H15FN2/c1-11-10-16-8-7-14(11)17-9-6-12-4-2-3-5-13(12)15/h2-5,7-8,10H,6,9H2,1H3,(H,16,17). The molecule has 1 heterocycles. The Morgan fingerprint density at radius 3 is 2.82 bits per heavy atom. The first-order valence-corrected chi connectivity index (χ1v) is 5.65. The fourth-order valence-electron chi connectivity index (χ4n) is 1.70. The highest BCUT2D eigenvalue weighted by Crippen LogP contribution is 2.12. The molecular weight excluding hydrogens is 215 g/mol. The molecule has 0 unspecified atom stereocenters. The van der Waals surface area contributed by atoms with E-state index in [1.54, 1.807) is 12.3 Å². The lowest BCUT2D eigenvalue weighted by Gasteiger charge is -2.09. The SMILES string of the molecule is Cc1cnccc1NCCc1ccccc1F. The summed E-state index contributed by atoms with van der Waals surface area (Å²) in [5, 5.41) is 3.28. The summed E-state index contributed by atoms with van der Waals surface area (Å²) in [6.07, 6.45) is 4.23. The third-order valence-electron chi connectivity index (χ3n) is 2.69. The van der Waals surface area contributed by atoms with Gasteiger partial charge in [-0.1, -0.05) is 18.2 Å². The number of anilines is 1. The number of halogens is 1. The lowest BCUT2D eigenvalue weighted by Crippen LogP contribution is -2.07.